The average molecular weight is 250 g/mol. The second-order valence-corrected chi connectivity index (χ2v) is 3.33. The van der Waals surface area contributed by atoms with Gasteiger partial charge in [-0.3, -0.25) is 4.79 Å². The quantitative estimate of drug-likeness (QED) is 0.210. The molecule has 0 heterocycles. The molecule has 98 valence electrons. The lowest BCUT2D eigenvalue weighted by Gasteiger charge is -2.23. The van der Waals surface area contributed by atoms with Gasteiger partial charge in [0, 0.05) is 6.92 Å². The Morgan fingerprint density at radius 1 is 1.18 bits per heavy atom. The van der Waals surface area contributed by atoms with Crippen molar-refractivity contribution in [1.82, 2.24) is 0 Å². The van der Waals surface area contributed by atoms with Crippen LogP contribution >= 0.6 is 0 Å². The van der Waals surface area contributed by atoms with E-state index in [2.05, 4.69) is 4.74 Å². The van der Waals surface area contributed by atoms with E-state index in [0.29, 0.717) is 0 Å². The molecule has 0 aliphatic rings. The van der Waals surface area contributed by atoms with E-state index in [-0.39, 0.29) is 6.29 Å². The van der Waals surface area contributed by atoms with Gasteiger partial charge in [0.2, 0.25) is 5.78 Å². The first-order valence-electron chi connectivity index (χ1n) is 4.66. The molecular formula is C9H14O8. The summed E-state index contributed by atoms with van der Waals surface area (Å²) in [6.45, 7) is 0.207. The zero-order valence-corrected chi connectivity index (χ0v) is 9.02. The van der Waals surface area contributed by atoms with Crippen LogP contribution in [0.15, 0.2) is 0 Å². The number of rotatable bonds is 7. The van der Waals surface area contributed by atoms with Crippen LogP contribution in [-0.4, -0.2) is 69.5 Å². The van der Waals surface area contributed by atoms with Crippen LogP contribution in [-0.2, 0) is 19.1 Å². The van der Waals surface area contributed by atoms with E-state index in [1.54, 1.807) is 0 Å². The lowest BCUT2D eigenvalue weighted by Crippen LogP contribution is -2.47. The number of aldehydes is 1. The van der Waals surface area contributed by atoms with Gasteiger partial charge >= 0.3 is 5.97 Å². The fraction of sp³-hybridized carbons (Fsp3) is 0.667. The molecule has 0 saturated carbocycles. The summed E-state index contributed by atoms with van der Waals surface area (Å²) in [6.07, 6.45) is -7.44. The first-order chi connectivity index (χ1) is 7.81. The molecule has 0 aliphatic carbocycles. The third-order valence-electron chi connectivity index (χ3n) is 1.91. The maximum Gasteiger partial charge on any atom is 0.374 e. The first-order valence-corrected chi connectivity index (χ1v) is 4.66. The number of carbonyl (C=O) groups excluding carboxylic acids is 3. The Kier molecular flexibility index (Phi) is 6.51. The summed E-state index contributed by atoms with van der Waals surface area (Å²) in [5, 5.41) is 36.5. The van der Waals surface area contributed by atoms with Crippen molar-refractivity contribution in [3.05, 3.63) is 0 Å². The minimum atomic E-state index is -1.92. The summed E-state index contributed by atoms with van der Waals surface area (Å²) in [6, 6.07) is 0. The van der Waals surface area contributed by atoms with Crippen LogP contribution in [0.25, 0.3) is 0 Å². The largest absolute Gasteiger partial charge is 0.457 e. The molecule has 0 aromatic carbocycles. The van der Waals surface area contributed by atoms with Gasteiger partial charge in [0.15, 0.2) is 6.29 Å². The maximum atomic E-state index is 10.7. The third kappa shape index (κ3) is 5.00. The van der Waals surface area contributed by atoms with Gasteiger partial charge < -0.3 is 30.0 Å². The lowest BCUT2D eigenvalue weighted by atomic mass is 10.0. The van der Waals surface area contributed by atoms with E-state index in [1.165, 1.54) is 0 Å². The topological polar surface area (TPSA) is 141 Å². The van der Waals surface area contributed by atoms with E-state index >= 15 is 0 Å². The molecule has 0 spiro atoms. The predicted octanol–water partition coefficient (Wildman–Crippen LogP) is -3.24. The second kappa shape index (κ2) is 7.07. The highest BCUT2D eigenvalue weighted by molar-refractivity contribution is 6.32. The highest BCUT2D eigenvalue weighted by Crippen LogP contribution is 2.04. The summed E-state index contributed by atoms with van der Waals surface area (Å²) < 4.78 is 4.27. The molecule has 17 heavy (non-hydrogen) atoms. The van der Waals surface area contributed by atoms with E-state index < -0.39 is 42.8 Å². The minimum Gasteiger partial charge on any atom is -0.457 e. The Bertz CT molecular complexity index is 289. The third-order valence-corrected chi connectivity index (χ3v) is 1.91. The van der Waals surface area contributed by atoms with Crippen LogP contribution in [0.4, 0.5) is 0 Å². The second-order valence-electron chi connectivity index (χ2n) is 3.33. The van der Waals surface area contributed by atoms with Crippen molar-refractivity contribution in [3.63, 3.8) is 0 Å². The molecule has 0 radical (unpaired) electrons. The standard InChI is InChI=1S/C9H14O8/c1-4(11)9(16)17-3-6(13)8(15)7(14)5(12)2-10/h2,5-8,12-15H,3H2,1H3/t5-,6-,7-,8-/m1/s1. The lowest BCUT2D eigenvalue weighted by molar-refractivity contribution is -0.161. The summed E-state index contributed by atoms with van der Waals surface area (Å²) in [5.74, 6) is -2.10. The van der Waals surface area contributed by atoms with Crippen molar-refractivity contribution >= 4 is 18.0 Å². The molecule has 4 N–H and O–H groups in total. The van der Waals surface area contributed by atoms with Crippen molar-refractivity contribution < 1.29 is 39.5 Å². The van der Waals surface area contributed by atoms with Crippen molar-refractivity contribution in [2.45, 2.75) is 31.3 Å². The number of ketones is 1. The Hall–Kier alpha value is -1.35. The fourth-order valence-corrected chi connectivity index (χ4v) is 0.871. The summed E-state index contributed by atoms with van der Waals surface area (Å²) >= 11 is 0. The number of aliphatic hydroxyl groups is 4. The molecule has 0 aromatic heterocycles. The Labute approximate surface area is 96.4 Å². The van der Waals surface area contributed by atoms with Crippen LogP contribution in [0.2, 0.25) is 0 Å². The first kappa shape index (κ1) is 15.7. The smallest absolute Gasteiger partial charge is 0.374 e. The van der Waals surface area contributed by atoms with Gasteiger partial charge in [-0.1, -0.05) is 0 Å². The van der Waals surface area contributed by atoms with E-state index in [4.69, 9.17) is 10.2 Å². The molecule has 0 bridgehead atoms. The molecule has 8 heteroatoms. The van der Waals surface area contributed by atoms with Gasteiger partial charge in [0.1, 0.15) is 31.0 Å². The normalized spacial score (nSPS) is 17.7. The molecule has 0 saturated heterocycles. The molecule has 0 amide bonds. The monoisotopic (exact) mass is 250 g/mol. The van der Waals surface area contributed by atoms with Gasteiger partial charge in [0.05, 0.1) is 0 Å². The van der Waals surface area contributed by atoms with Gasteiger partial charge in [-0.05, 0) is 0 Å². The SMILES string of the molecule is CC(=O)C(=O)OC[C@@H](O)[C@@H](O)[C@H](O)[C@H](O)C=O. The molecule has 0 fully saturated rings. The Morgan fingerprint density at radius 3 is 2.12 bits per heavy atom. The average Bonchev–Trinajstić information content (AvgIpc) is 2.32. The molecule has 0 aromatic rings. The Balaban J connectivity index is 4.22. The number of aliphatic hydroxyl groups excluding tert-OH is 4. The molecule has 0 aliphatic heterocycles. The highest BCUT2D eigenvalue weighted by Gasteiger charge is 2.31. The molecule has 8 nitrogen and oxygen atoms in total. The zero-order valence-electron chi connectivity index (χ0n) is 9.02. The van der Waals surface area contributed by atoms with Crippen LogP contribution in [0, 0.1) is 0 Å². The molecular weight excluding hydrogens is 236 g/mol. The van der Waals surface area contributed by atoms with Gasteiger partial charge in [0.25, 0.3) is 0 Å². The summed E-state index contributed by atoms with van der Waals surface area (Å²) in [7, 11) is 0. The number of ether oxygens (including phenoxy) is 1. The summed E-state index contributed by atoms with van der Waals surface area (Å²) in [5.41, 5.74) is 0. The van der Waals surface area contributed by atoms with Crippen molar-refractivity contribution in [2.24, 2.45) is 0 Å². The molecule has 0 unspecified atom stereocenters. The number of Topliss-reactive ketones (excluding diaryl/α,β-unsaturated/α-hetero) is 1. The van der Waals surface area contributed by atoms with Gasteiger partial charge in [-0.25, -0.2) is 4.79 Å². The molecule has 4 atom stereocenters. The summed E-state index contributed by atoms with van der Waals surface area (Å²) in [4.78, 5) is 31.3. The number of hydrogen-bond donors (Lipinski definition) is 4. The van der Waals surface area contributed by atoms with Crippen molar-refractivity contribution in [2.75, 3.05) is 6.61 Å². The van der Waals surface area contributed by atoms with Crippen molar-refractivity contribution in [1.29, 1.82) is 0 Å². The number of hydrogen-bond acceptors (Lipinski definition) is 8. The van der Waals surface area contributed by atoms with Gasteiger partial charge in [-0.15, -0.1) is 0 Å². The van der Waals surface area contributed by atoms with Gasteiger partial charge in [-0.2, -0.15) is 0 Å². The minimum absolute atomic E-state index is 0.0256. The highest BCUT2D eigenvalue weighted by atomic mass is 16.5. The number of esters is 1. The van der Waals surface area contributed by atoms with Crippen LogP contribution in [0.3, 0.4) is 0 Å². The number of carbonyl (C=O) groups is 3. The predicted molar refractivity (Wildman–Crippen MR) is 51.7 cm³/mol. The van der Waals surface area contributed by atoms with E-state index in [9.17, 15) is 24.6 Å². The van der Waals surface area contributed by atoms with E-state index in [1.807, 2.05) is 0 Å². The van der Waals surface area contributed by atoms with Crippen molar-refractivity contribution in [3.8, 4) is 0 Å². The maximum absolute atomic E-state index is 10.7. The fourth-order valence-electron chi connectivity index (χ4n) is 0.871. The zero-order chi connectivity index (χ0) is 13.6. The van der Waals surface area contributed by atoms with Crippen LogP contribution < -0.4 is 0 Å². The van der Waals surface area contributed by atoms with Crippen LogP contribution in [0.1, 0.15) is 6.92 Å². The Morgan fingerprint density at radius 2 is 1.71 bits per heavy atom. The van der Waals surface area contributed by atoms with E-state index in [0.717, 1.165) is 6.92 Å². The van der Waals surface area contributed by atoms with Crippen LogP contribution in [0.5, 0.6) is 0 Å². The molecule has 0 rings (SSSR count).